The standard InChI is InChI=1S/C17H13NO5/c1-10-14-9-13(6-7-15(14)23-17(10)18(21)22)12-4-2-11(3-5-12)8-16(19)20/h2-7,9H,8H2,1H3,(H,19,20). The summed E-state index contributed by atoms with van der Waals surface area (Å²) >= 11 is 0. The van der Waals surface area contributed by atoms with Gasteiger partial charge in [-0.3, -0.25) is 14.9 Å². The first kappa shape index (κ1) is 14.8. The van der Waals surface area contributed by atoms with E-state index in [2.05, 4.69) is 0 Å². The molecule has 0 saturated carbocycles. The summed E-state index contributed by atoms with van der Waals surface area (Å²) in [6, 6.07) is 12.6. The second-order valence-electron chi connectivity index (χ2n) is 5.27. The molecule has 0 spiro atoms. The van der Waals surface area contributed by atoms with Crippen LogP contribution in [0.5, 0.6) is 0 Å². The molecule has 1 N–H and O–H groups in total. The first-order chi connectivity index (χ1) is 11.0. The molecule has 1 aromatic heterocycles. The maximum absolute atomic E-state index is 10.9. The van der Waals surface area contributed by atoms with Crippen LogP contribution >= 0.6 is 0 Å². The second-order valence-corrected chi connectivity index (χ2v) is 5.27. The molecule has 3 rings (SSSR count). The summed E-state index contributed by atoms with van der Waals surface area (Å²) in [5.74, 6) is -1.12. The van der Waals surface area contributed by atoms with Crippen LogP contribution < -0.4 is 0 Å². The minimum Gasteiger partial charge on any atom is -0.481 e. The molecule has 0 bridgehead atoms. The lowest BCUT2D eigenvalue weighted by molar-refractivity contribution is -0.402. The van der Waals surface area contributed by atoms with Gasteiger partial charge in [0.15, 0.2) is 0 Å². The zero-order chi connectivity index (χ0) is 16.6. The number of nitro groups is 1. The molecule has 23 heavy (non-hydrogen) atoms. The van der Waals surface area contributed by atoms with Gasteiger partial charge in [-0.05, 0) is 35.7 Å². The number of aryl methyl sites for hydroxylation is 1. The molecule has 0 saturated heterocycles. The van der Waals surface area contributed by atoms with E-state index in [0.717, 1.165) is 16.7 Å². The highest BCUT2D eigenvalue weighted by Gasteiger charge is 2.20. The molecule has 116 valence electrons. The van der Waals surface area contributed by atoms with Crippen molar-refractivity contribution in [2.45, 2.75) is 13.3 Å². The van der Waals surface area contributed by atoms with Crippen molar-refractivity contribution >= 4 is 22.8 Å². The van der Waals surface area contributed by atoms with Crippen LogP contribution in [0.25, 0.3) is 22.1 Å². The van der Waals surface area contributed by atoms with Gasteiger partial charge < -0.3 is 9.52 Å². The van der Waals surface area contributed by atoms with Gasteiger partial charge in [0, 0.05) is 5.39 Å². The molecule has 0 fully saturated rings. The number of carboxylic acids is 1. The number of nitrogens with zero attached hydrogens (tertiary/aromatic N) is 1. The Labute approximate surface area is 131 Å². The highest BCUT2D eigenvalue weighted by Crippen LogP contribution is 2.33. The monoisotopic (exact) mass is 311 g/mol. The van der Waals surface area contributed by atoms with E-state index in [9.17, 15) is 14.9 Å². The Morgan fingerprint density at radius 3 is 2.43 bits per heavy atom. The predicted octanol–water partition coefficient (Wildman–Crippen LogP) is 3.94. The number of aliphatic carboxylic acids is 1. The van der Waals surface area contributed by atoms with E-state index in [1.807, 2.05) is 24.3 Å². The fourth-order valence-corrected chi connectivity index (χ4v) is 2.55. The third kappa shape index (κ3) is 2.78. The van der Waals surface area contributed by atoms with E-state index in [0.29, 0.717) is 16.5 Å². The van der Waals surface area contributed by atoms with Crippen molar-refractivity contribution < 1.29 is 19.2 Å². The second kappa shape index (κ2) is 5.57. The molecule has 0 aliphatic carbocycles. The smallest absolute Gasteiger partial charge is 0.437 e. The molecular weight excluding hydrogens is 298 g/mol. The van der Waals surface area contributed by atoms with Crippen LogP contribution in [0.15, 0.2) is 46.9 Å². The summed E-state index contributed by atoms with van der Waals surface area (Å²) in [5, 5.41) is 20.4. The molecule has 2 aromatic carbocycles. The Morgan fingerprint density at radius 2 is 1.83 bits per heavy atom. The number of carboxylic acid groups (broad SMARTS) is 1. The molecule has 0 aliphatic heterocycles. The largest absolute Gasteiger partial charge is 0.481 e. The predicted molar refractivity (Wildman–Crippen MR) is 84.4 cm³/mol. The van der Waals surface area contributed by atoms with Crippen molar-refractivity contribution in [2.75, 3.05) is 0 Å². The summed E-state index contributed by atoms with van der Waals surface area (Å²) < 4.78 is 5.25. The Kier molecular flexibility index (Phi) is 3.57. The molecule has 1 heterocycles. The minimum absolute atomic E-state index is 0.0215. The van der Waals surface area contributed by atoms with Gasteiger partial charge >= 0.3 is 11.9 Å². The van der Waals surface area contributed by atoms with Crippen LogP contribution in [0.3, 0.4) is 0 Å². The molecule has 0 unspecified atom stereocenters. The zero-order valence-electron chi connectivity index (χ0n) is 12.3. The number of carbonyl (C=O) groups is 1. The van der Waals surface area contributed by atoms with Gasteiger partial charge in [0.05, 0.1) is 12.0 Å². The number of rotatable bonds is 4. The molecule has 6 heteroatoms. The molecule has 0 atom stereocenters. The van der Waals surface area contributed by atoms with Crippen molar-refractivity contribution in [3.05, 3.63) is 63.7 Å². The summed E-state index contributed by atoms with van der Waals surface area (Å²) in [4.78, 5) is 21.1. The van der Waals surface area contributed by atoms with Gasteiger partial charge in [0.25, 0.3) is 0 Å². The lowest BCUT2D eigenvalue weighted by Crippen LogP contribution is -1.99. The van der Waals surface area contributed by atoms with Crippen LogP contribution in [0.1, 0.15) is 11.1 Å². The topological polar surface area (TPSA) is 93.6 Å². The fourth-order valence-electron chi connectivity index (χ4n) is 2.55. The van der Waals surface area contributed by atoms with E-state index < -0.39 is 10.9 Å². The zero-order valence-corrected chi connectivity index (χ0v) is 12.3. The molecule has 6 nitrogen and oxygen atoms in total. The molecular formula is C17H13NO5. The van der Waals surface area contributed by atoms with E-state index in [-0.39, 0.29) is 12.3 Å². The number of hydrogen-bond acceptors (Lipinski definition) is 4. The van der Waals surface area contributed by atoms with Crippen molar-refractivity contribution in [2.24, 2.45) is 0 Å². The van der Waals surface area contributed by atoms with Gasteiger partial charge in [0.1, 0.15) is 10.5 Å². The van der Waals surface area contributed by atoms with E-state index in [1.165, 1.54) is 0 Å². The average Bonchev–Trinajstić information content (AvgIpc) is 2.84. The maximum Gasteiger partial charge on any atom is 0.437 e. The Bertz CT molecular complexity index is 909. The Hall–Kier alpha value is -3.15. The number of hydrogen-bond donors (Lipinski definition) is 1. The van der Waals surface area contributed by atoms with Crippen molar-refractivity contribution in [3.63, 3.8) is 0 Å². The molecule has 0 aliphatic rings. The SMILES string of the molecule is Cc1c([N+](=O)[O-])oc2ccc(-c3ccc(CC(=O)O)cc3)cc12. The van der Waals surface area contributed by atoms with Gasteiger partial charge in [-0.2, -0.15) is 0 Å². The maximum atomic E-state index is 10.9. The van der Waals surface area contributed by atoms with Crippen LogP contribution in [0.4, 0.5) is 5.88 Å². The fraction of sp³-hybridized carbons (Fsp3) is 0.118. The summed E-state index contributed by atoms with van der Waals surface area (Å²) in [6.07, 6.45) is -0.0215. The Morgan fingerprint density at radius 1 is 1.17 bits per heavy atom. The van der Waals surface area contributed by atoms with E-state index >= 15 is 0 Å². The normalized spacial score (nSPS) is 10.8. The van der Waals surface area contributed by atoms with Crippen molar-refractivity contribution in [1.29, 1.82) is 0 Å². The van der Waals surface area contributed by atoms with E-state index in [1.54, 1.807) is 25.1 Å². The molecule has 0 amide bonds. The third-order valence-corrected chi connectivity index (χ3v) is 3.72. The summed E-state index contributed by atoms with van der Waals surface area (Å²) in [7, 11) is 0. The van der Waals surface area contributed by atoms with Crippen LogP contribution in [-0.2, 0) is 11.2 Å². The first-order valence-electron chi connectivity index (χ1n) is 6.94. The van der Waals surface area contributed by atoms with Gasteiger partial charge in [-0.25, -0.2) is 0 Å². The number of fused-ring (bicyclic) bond motifs is 1. The quantitative estimate of drug-likeness (QED) is 0.581. The van der Waals surface area contributed by atoms with Gasteiger partial charge in [-0.1, -0.05) is 30.3 Å². The number of furan rings is 1. The summed E-state index contributed by atoms with van der Waals surface area (Å²) in [6.45, 7) is 1.66. The lowest BCUT2D eigenvalue weighted by atomic mass is 10.0. The van der Waals surface area contributed by atoms with E-state index in [4.69, 9.17) is 9.52 Å². The van der Waals surface area contributed by atoms with Crippen LogP contribution in [-0.4, -0.2) is 16.0 Å². The molecule has 3 aromatic rings. The Balaban J connectivity index is 2.01. The van der Waals surface area contributed by atoms with Gasteiger partial charge in [-0.15, -0.1) is 0 Å². The van der Waals surface area contributed by atoms with Crippen molar-refractivity contribution in [1.82, 2.24) is 0 Å². The highest BCUT2D eigenvalue weighted by atomic mass is 16.6. The first-order valence-corrected chi connectivity index (χ1v) is 6.94. The average molecular weight is 311 g/mol. The number of benzene rings is 2. The molecule has 0 radical (unpaired) electrons. The third-order valence-electron chi connectivity index (χ3n) is 3.72. The lowest BCUT2D eigenvalue weighted by Gasteiger charge is -2.03. The highest BCUT2D eigenvalue weighted by molar-refractivity contribution is 5.88. The van der Waals surface area contributed by atoms with Crippen LogP contribution in [0, 0.1) is 17.0 Å². The van der Waals surface area contributed by atoms with Gasteiger partial charge in [0.2, 0.25) is 0 Å². The minimum atomic E-state index is -0.875. The van der Waals surface area contributed by atoms with Crippen LogP contribution in [0.2, 0.25) is 0 Å². The summed E-state index contributed by atoms with van der Waals surface area (Å²) in [5.41, 5.74) is 3.48. The van der Waals surface area contributed by atoms with Crippen molar-refractivity contribution in [3.8, 4) is 11.1 Å².